The maximum atomic E-state index is 12.8. The third-order valence-corrected chi connectivity index (χ3v) is 2.79. The minimum Gasteiger partial charge on any atom is -0.377 e. The maximum absolute atomic E-state index is 12.8. The molecule has 0 aliphatic carbocycles. The van der Waals surface area contributed by atoms with Crippen molar-refractivity contribution in [1.82, 2.24) is 4.90 Å². The highest BCUT2D eigenvalue weighted by molar-refractivity contribution is 5.74. The molecule has 16 heavy (non-hydrogen) atoms. The summed E-state index contributed by atoms with van der Waals surface area (Å²) in [6.45, 7) is 3.18. The van der Waals surface area contributed by atoms with Crippen molar-refractivity contribution in [3.05, 3.63) is 35.6 Å². The summed E-state index contributed by atoms with van der Waals surface area (Å²) in [6.07, 6.45) is 0. The van der Waals surface area contributed by atoms with Crippen LogP contribution in [-0.4, -0.2) is 30.6 Å². The van der Waals surface area contributed by atoms with Crippen molar-refractivity contribution in [3.8, 4) is 0 Å². The van der Waals surface area contributed by atoms with Crippen LogP contribution in [0, 0.1) is 5.82 Å². The number of amides is 1. The molecule has 1 fully saturated rings. The Balaban J connectivity index is 2.23. The fourth-order valence-corrected chi connectivity index (χ4v) is 1.94. The molecule has 1 aromatic carbocycles. The summed E-state index contributed by atoms with van der Waals surface area (Å²) in [5.74, 6) is -0.243. The molecule has 0 unspecified atom stereocenters. The highest BCUT2D eigenvalue weighted by Crippen LogP contribution is 2.24. The Kier molecular flexibility index (Phi) is 3.19. The molecule has 1 aliphatic rings. The predicted molar refractivity (Wildman–Crippen MR) is 57.3 cm³/mol. The number of hydrogen-bond acceptors (Lipinski definition) is 2. The molecule has 0 radical (unpaired) electrons. The summed E-state index contributed by atoms with van der Waals surface area (Å²) in [6, 6.07) is 6.12. The first kappa shape index (κ1) is 11.1. The first-order chi connectivity index (χ1) is 7.68. The first-order valence-electron chi connectivity index (χ1n) is 5.29. The normalized spacial score (nSPS) is 20.9. The van der Waals surface area contributed by atoms with Crippen LogP contribution in [0.15, 0.2) is 24.3 Å². The van der Waals surface area contributed by atoms with Gasteiger partial charge in [-0.3, -0.25) is 4.79 Å². The molecule has 0 aromatic heterocycles. The van der Waals surface area contributed by atoms with Gasteiger partial charge in [0.25, 0.3) is 0 Å². The van der Waals surface area contributed by atoms with E-state index < -0.39 is 0 Å². The first-order valence-corrected chi connectivity index (χ1v) is 5.29. The zero-order valence-electron chi connectivity index (χ0n) is 9.15. The van der Waals surface area contributed by atoms with Crippen LogP contribution in [0.5, 0.6) is 0 Å². The second-order valence-corrected chi connectivity index (χ2v) is 3.85. The molecule has 1 aromatic rings. The third kappa shape index (κ3) is 2.22. The summed E-state index contributed by atoms with van der Waals surface area (Å²) in [4.78, 5) is 13.2. The Labute approximate surface area is 93.8 Å². The van der Waals surface area contributed by atoms with Crippen molar-refractivity contribution in [3.63, 3.8) is 0 Å². The Morgan fingerprint density at radius 2 is 2.12 bits per heavy atom. The molecule has 1 heterocycles. The van der Waals surface area contributed by atoms with Crippen LogP contribution < -0.4 is 0 Å². The van der Waals surface area contributed by atoms with Crippen LogP contribution in [-0.2, 0) is 9.53 Å². The summed E-state index contributed by atoms with van der Waals surface area (Å²) in [7, 11) is 0. The van der Waals surface area contributed by atoms with E-state index in [2.05, 4.69) is 0 Å². The minimum atomic E-state index is -0.269. The van der Waals surface area contributed by atoms with Crippen molar-refractivity contribution in [2.24, 2.45) is 0 Å². The molecular formula is C12H14FNO2. The van der Waals surface area contributed by atoms with Gasteiger partial charge in [0.1, 0.15) is 5.82 Å². The highest BCUT2D eigenvalue weighted by Gasteiger charge is 2.26. The van der Waals surface area contributed by atoms with Gasteiger partial charge >= 0.3 is 0 Å². The number of carbonyl (C=O) groups is 1. The van der Waals surface area contributed by atoms with E-state index in [4.69, 9.17) is 4.74 Å². The Hall–Kier alpha value is -1.42. The van der Waals surface area contributed by atoms with Crippen molar-refractivity contribution >= 4 is 5.91 Å². The zero-order valence-corrected chi connectivity index (χ0v) is 9.15. The third-order valence-electron chi connectivity index (χ3n) is 2.79. The lowest BCUT2D eigenvalue weighted by atomic mass is 10.0. The fourth-order valence-electron chi connectivity index (χ4n) is 1.94. The number of halogens is 1. The molecule has 1 atom stereocenters. The van der Waals surface area contributed by atoms with Crippen LogP contribution in [0.2, 0.25) is 0 Å². The molecule has 4 heteroatoms. The summed E-state index contributed by atoms with van der Waals surface area (Å²) >= 11 is 0. The Bertz CT molecular complexity index is 377. The lowest BCUT2D eigenvalue weighted by Crippen LogP contribution is -2.42. The Morgan fingerprint density at radius 3 is 2.75 bits per heavy atom. The van der Waals surface area contributed by atoms with Gasteiger partial charge < -0.3 is 9.64 Å². The topological polar surface area (TPSA) is 29.5 Å². The molecule has 2 rings (SSSR count). The van der Waals surface area contributed by atoms with Gasteiger partial charge in [0.2, 0.25) is 5.91 Å². The van der Waals surface area contributed by atoms with Crippen molar-refractivity contribution < 1.29 is 13.9 Å². The van der Waals surface area contributed by atoms with E-state index in [0.717, 1.165) is 5.56 Å². The lowest BCUT2D eigenvalue weighted by Gasteiger charge is -2.35. The SMILES string of the molecule is CC(=O)N1CCOC[C@H]1c1ccc(F)cc1. The monoisotopic (exact) mass is 223 g/mol. The zero-order chi connectivity index (χ0) is 11.5. The fraction of sp³-hybridized carbons (Fsp3) is 0.417. The van der Waals surface area contributed by atoms with E-state index in [-0.39, 0.29) is 17.8 Å². The van der Waals surface area contributed by atoms with Crippen LogP contribution in [0.3, 0.4) is 0 Å². The lowest BCUT2D eigenvalue weighted by molar-refractivity contribution is -0.137. The van der Waals surface area contributed by atoms with Crippen LogP contribution in [0.25, 0.3) is 0 Å². The van der Waals surface area contributed by atoms with Gasteiger partial charge in [-0.1, -0.05) is 12.1 Å². The second kappa shape index (κ2) is 4.61. The van der Waals surface area contributed by atoms with E-state index in [0.29, 0.717) is 19.8 Å². The number of nitrogens with zero attached hydrogens (tertiary/aromatic N) is 1. The summed E-state index contributed by atoms with van der Waals surface area (Å²) in [5, 5.41) is 0. The average Bonchev–Trinajstić information content (AvgIpc) is 2.30. The maximum Gasteiger partial charge on any atom is 0.220 e. The largest absolute Gasteiger partial charge is 0.377 e. The number of rotatable bonds is 1. The number of benzene rings is 1. The smallest absolute Gasteiger partial charge is 0.220 e. The molecule has 3 nitrogen and oxygen atoms in total. The molecule has 0 spiro atoms. The minimum absolute atomic E-state index is 0.0256. The molecule has 0 N–H and O–H groups in total. The van der Waals surface area contributed by atoms with Gasteiger partial charge in [-0.15, -0.1) is 0 Å². The van der Waals surface area contributed by atoms with Gasteiger partial charge in [0.05, 0.1) is 19.3 Å². The van der Waals surface area contributed by atoms with Crippen LogP contribution in [0.1, 0.15) is 18.5 Å². The highest BCUT2D eigenvalue weighted by atomic mass is 19.1. The van der Waals surface area contributed by atoms with E-state index in [1.54, 1.807) is 24.0 Å². The van der Waals surface area contributed by atoms with E-state index >= 15 is 0 Å². The van der Waals surface area contributed by atoms with E-state index in [1.807, 2.05) is 0 Å². The number of hydrogen-bond donors (Lipinski definition) is 0. The van der Waals surface area contributed by atoms with Crippen molar-refractivity contribution in [2.45, 2.75) is 13.0 Å². The van der Waals surface area contributed by atoms with Gasteiger partial charge in [-0.25, -0.2) is 4.39 Å². The van der Waals surface area contributed by atoms with E-state index in [1.165, 1.54) is 12.1 Å². The van der Waals surface area contributed by atoms with Crippen molar-refractivity contribution in [2.75, 3.05) is 19.8 Å². The second-order valence-electron chi connectivity index (χ2n) is 3.85. The summed E-state index contributed by atoms with van der Waals surface area (Å²) < 4.78 is 18.2. The van der Waals surface area contributed by atoms with E-state index in [9.17, 15) is 9.18 Å². The van der Waals surface area contributed by atoms with Crippen LogP contribution >= 0.6 is 0 Å². The van der Waals surface area contributed by atoms with Gasteiger partial charge in [0.15, 0.2) is 0 Å². The van der Waals surface area contributed by atoms with Crippen LogP contribution in [0.4, 0.5) is 4.39 Å². The number of ether oxygens (including phenoxy) is 1. The number of carbonyl (C=O) groups excluding carboxylic acids is 1. The molecule has 0 bridgehead atoms. The molecule has 0 saturated carbocycles. The molecule has 1 amide bonds. The van der Waals surface area contributed by atoms with Gasteiger partial charge in [-0.2, -0.15) is 0 Å². The summed E-state index contributed by atoms with van der Waals surface area (Å²) in [5.41, 5.74) is 0.913. The predicted octanol–water partition coefficient (Wildman–Crippen LogP) is 1.75. The molecular weight excluding hydrogens is 209 g/mol. The van der Waals surface area contributed by atoms with Gasteiger partial charge in [-0.05, 0) is 17.7 Å². The van der Waals surface area contributed by atoms with Gasteiger partial charge in [0, 0.05) is 13.5 Å². The van der Waals surface area contributed by atoms with Crippen molar-refractivity contribution in [1.29, 1.82) is 0 Å². The quantitative estimate of drug-likeness (QED) is 0.725. The molecule has 1 aliphatic heterocycles. The molecule has 1 saturated heterocycles. The number of morpholine rings is 1. The Morgan fingerprint density at radius 1 is 1.44 bits per heavy atom. The average molecular weight is 223 g/mol. The standard InChI is InChI=1S/C12H14FNO2/c1-9(15)14-6-7-16-8-12(14)10-2-4-11(13)5-3-10/h2-5,12H,6-8H2,1H3/t12-/m0/s1. The molecule has 86 valence electrons.